The van der Waals surface area contributed by atoms with E-state index in [1.165, 1.54) is 19.3 Å². The molecule has 0 saturated heterocycles. The fourth-order valence-electron chi connectivity index (χ4n) is 2.76. The molecule has 0 fully saturated rings. The minimum atomic E-state index is -1.18. The zero-order chi connectivity index (χ0) is 22.7. The molecule has 0 heterocycles. The van der Waals surface area contributed by atoms with Crippen LogP contribution in [-0.2, 0) is 19.1 Å². The number of aliphatic carboxylic acids is 2. The molecule has 29 heavy (non-hydrogen) atoms. The Balaban J connectivity index is 0. The van der Waals surface area contributed by atoms with Gasteiger partial charge in [0, 0.05) is 25.2 Å². The molecular weight excluding hydrogens is 374 g/mol. The molecule has 0 aromatic carbocycles. The number of nitrogens with zero attached hydrogens (tertiary/aromatic N) is 1. The Labute approximate surface area is 177 Å². The normalized spacial score (nSPS) is 11.9. The number of hydrogen-bond acceptors (Lipinski definition) is 5. The average molecular weight is 418 g/mol. The van der Waals surface area contributed by atoms with Gasteiger partial charge in [-0.05, 0) is 12.8 Å². The second kappa shape index (κ2) is 18.4. The number of carboxylic acid groups (broad SMARTS) is 2. The SMILES string of the molecule is CCCCCCC(=O)O.CCCCCCCC(=O)OC(CC(=O)[O-])C[N+](C)(C)C. The van der Waals surface area contributed by atoms with E-state index in [0.717, 1.165) is 38.5 Å². The molecule has 1 unspecified atom stereocenters. The Morgan fingerprint density at radius 2 is 1.34 bits per heavy atom. The van der Waals surface area contributed by atoms with Crippen molar-refractivity contribution < 1.29 is 33.8 Å². The first-order valence-electron chi connectivity index (χ1n) is 10.9. The summed E-state index contributed by atoms with van der Waals surface area (Å²) in [4.78, 5) is 32.4. The molecule has 0 aromatic rings. The zero-order valence-corrected chi connectivity index (χ0v) is 19.2. The van der Waals surface area contributed by atoms with Gasteiger partial charge in [-0.25, -0.2) is 0 Å². The van der Waals surface area contributed by atoms with Gasteiger partial charge in [0.1, 0.15) is 6.54 Å². The lowest BCUT2D eigenvalue weighted by atomic mass is 10.1. The first kappa shape index (κ1) is 29.6. The maximum Gasteiger partial charge on any atom is 0.306 e. The van der Waals surface area contributed by atoms with Gasteiger partial charge in [0.2, 0.25) is 0 Å². The van der Waals surface area contributed by atoms with Crippen LogP contribution < -0.4 is 5.11 Å². The number of quaternary nitrogens is 1. The largest absolute Gasteiger partial charge is 0.550 e. The summed E-state index contributed by atoms with van der Waals surface area (Å²) in [5.41, 5.74) is 0. The summed E-state index contributed by atoms with van der Waals surface area (Å²) in [6, 6.07) is 0. The number of hydrogen-bond donors (Lipinski definition) is 1. The predicted octanol–water partition coefficient (Wildman–Crippen LogP) is 3.15. The molecule has 0 aliphatic heterocycles. The van der Waals surface area contributed by atoms with Crippen molar-refractivity contribution in [2.75, 3.05) is 27.7 Å². The number of esters is 1. The summed E-state index contributed by atoms with van der Waals surface area (Å²) in [5.74, 6) is -2.16. The van der Waals surface area contributed by atoms with E-state index >= 15 is 0 Å². The third kappa shape index (κ3) is 26.4. The summed E-state index contributed by atoms with van der Waals surface area (Å²) in [5, 5.41) is 18.9. The van der Waals surface area contributed by atoms with Crippen LogP contribution in [0.2, 0.25) is 0 Å². The monoisotopic (exact) mass is 417 g/mol. The maximum atomic E-state index is 11.7. The summed E-state index contributed by atoms with van der Waals surface area (Å²) in [6.07, 6.45) is 9.38. The smallest absolute Gasteiger partial charge is 0.306 e. The van der Waals surface area contributed by atoms with Crippen LogP contribution in [0.3, 0.4) is 0 Å². The van der Waals surface area contributed by atoms with Crippen molar-refractivity contribution in [3.8, 4) is 0 Å². The van der Waals surface area contributed by atoms with Crippen LogP contribution in [0.15, 0.2) is 0 Å². The van der Waals surface area contributed by atoms with Crippen molar-refractivity contribution in [2.24, 2.45) is 0 Å². The summed E-state index contributed by atoms with van der Waals surface area (Å²) < 4.78 is 5.81. The lowest BCUT2D eigenvalue weighted by Crippen LogP contribution is -2.45. The van der Waals surface area contributed by atoms with Gasteiger partial charge < -0.3 is 24.2 Å². The van der Waals surface area contributed by atoms with Crippen molar-refractivity contribution in [2.45, 2.75) is 97.0 Å². The van der Waals surface area contributed by atoms with Crippen LogP contribution in [0.25, 0.3) is 0 Å². The predicted molar refractivity (Wildman–Crippen MR) is 112 cm³/mol. The minimum absolute atomic E-state index is 0.239. The van der Waals surface area contributed by atoms with Crippen LogP contribution in [0.1, 0.15) is 90.9 Å². The highest BCUT2D eigenvalue weighted by Crippen LogP contribution is 2.09. The van der Waals surface area contributed by atoms with Gasteiger partial charge in [-0.15, -0.1) is 0 Å². The summed E-state index contributed by atoms with van der Waals surface area (Å²) in [7, 11) is 5.79. The molecule has 7 nitrogen and oxygen atoms in total. The molecule has 1 N–H and O–H groups in total. The van der Waals surface area contributed by atoms with Gasteiger partial charge in [0.05, 0.1) is 21.1 Å². The molecule has 0 aromatic heterocycles. The molecule has 0 spiro atoms. The molecule has 0 radical (unpaired) electrons. The van der Waals surface area contributed by atoms with Crippen LogP contribution in [-0.4, -0.2) is 61.3 Å². The first-order chi connectivity index (χ1) is 13.5. The molecule has 172 valence electrons. The fourth-order valence-corrected chi connectivity index (χ4v) is 2.76. The Morgan fingerprint density at radius 1 is 0.862 bits per heavy atom. The Hall–Kier alpha value is -1.63. The molecule has 1 atom stereocenters. The highest BCUT2D eigenvalue weighted by molar-refractivity contribution is 5.70. The molecule has 0 bridgehead atoms. The molecule has 0 saturated carbocycles. The van der Waals surface area contributed by atoms with Crippen LogP contribution >= 0.6 is 0 Å². The van der Waals surface area contributed by atoms with E-state index < -0.39 is 18.0 Å². The number of ether oxygens (including phenoxy) is 1. The number of unbranched alkanes of at least 4 members (excludes halogenated alkanes) is 7. The minimum Gasteiger partial charge on any atom is -0.550 e. The van der Waals surface area contributed by atoms with Crippen LogP contribution in [0.5, 0.6) is 0 Å². The van der Waals surface area contributed by atoms with E-state index in [4.69, 9.17) is 9.84 Å². The highest BCUT2D eigenvalue weighted by atomic mass is 16.5. The van der Waals surface area contributed by atoms with Crippen molar-refractivity contribution in [1.82, 2.24) is 0 Å². The van der Waals surface area contributed by atoms with Gasteiger partial charge in [-0.2, -0.15) is 0 Å². The standard InChI is InChI=1S/C15H29NO4.C7H14O2/c1-5-6-7-8-9-10-15(19)20-13(11-14(17)18)12-16(2,3)4;1-2-3-4-5-6-7(8)9/h13H,5-12H2,1-4H3;2-6H2,1H3,(H,8,9). The third-order valence-corrected chi connectivity index (χ3v) is 4.17. The van der Waals surface area contributed by atoms with E-state index in [9.17, 15) is 19.5 Å². The highest BCUT2D eigenvalue weighted by Gasteiger charge is 2.22. The number of carbonyl (C=O) groups is 3. The quantitative estimate of drug-likeness (QED) is 0.235. The van der Waals surface area contributed by atoms with Gasteiger partial charge in [-0.3, -0.25) is 9.59 Å². The van der Waals surface area contributed by atoms with Gasteiger partial charge in [0.25, 0.3) is 0 Å². The van der Waals surface area contributed by atoms with Crippen molar-refractivity contribution in [3.05, 3.63) is 0 Å². The maximum absolute atomic E-state index is 11.7. The number of likely N-dealkylation sites (N-methyl/N-ethyl adjacent to an activating group) is 1. The number of rotatable bonds is 16. The molecular formula is C22H43NO6. The Kier molecular flexibility index (Phi) is 18.8. The second-order valence-electron chi connectivity index (χ2n) is 8.53. The fraction of sp³-hybridized carbons (Fsp3) is 0.864. The first-order valence-corrected chi connectivity index (χ1v) is 10.9. The average Bonchev–Trinajstić information content (AvgIpc) is 2.57. The third-order valence-electron chi connectivity index (χ3n) is 4.17. The summed E-state index contributed by atoms with van der Waals surface area (Å²) in [6.45, 7) is 4.72. The van der Waals surface area contributed by atoms with Crippen LogP contribution in [0, 0.1) is 0 Å². The van der Waals surface area contributed by atoms with E-state index in [1.54, 1.807) is 0 Å². The second-order valence-corrected chi connectivity index (χ2v) is 8.53. The van der Waals surface area contributed by atoms with E-state index in [2.05, 4.69) is 13.8 Å². The van der Waals surface area contributed by atoms with Gasteiger partial charge in [0.15, 0.2) is 6.10 Å². The Morgan fingerprint density at radius 3 is 1.79 bits per heavy atom. The topological polar surface area (TPSA) is 104 Å². The van der Waals surface area contributed by atoms with E-state index in [1.807, 2.05) is 21.1 Å². The zero-order valence-electron chi connectivity index (χ0n) is 19.2. The Bertz CT molecular complexity index is 445. The van der Waals surface area contributed by atoms with Crippen molar-refractivity contribution >= 4 is 17.9 Å². The lowest BCUT2D eigenvalue weighted by molar-refractivity contribution is -0.873. The van der Waals surface area contributed by atoms with Crippen molar-refractivity contribution in [3.63, 3.8) is 0 Å². The molecule has 0 amide bonds. The molecule has 0 aliphatic rings. The lowest BCUT2D eigenvalue weighted by Gasteiger charge is -2.29. The van der Waals surface area contributed by atoms with Crippen LogP contribution in [0.4, 0.5) is 0 Å². The summed E-state index contributed by atoms with van der Waals surface area (Å²) >= 11 is 0. The van der Waals surface area contributed by atoms with Gasteiger partial charge in [-0.1, -0.05) is 58.8 Å². The molecule has 7 heteroatoms. The molecule has 0 rings (SSSR count). The van der Waals surface area contributed by atoms with E-state index in [0.29, 0.717) is 23.9 Å². The van der Waals surface area contributed by atoms with Gasteiger partial charge >= 0.3 is 11.9 Å². The van der Waals surface area contributed by atoms with E-state index in [-0.39, 0.29) is 12.4 Å². The number of carbonyl (C=O) groups excluding carboxylic acids is 2. The number of carboxylic acids is 2. The van der Waals surface area contributed by atoms with Crippen molar-refractivity contribution in [1.29, 1.82) is 0 Å². The molecule has 0 aliphatic carbocycles.